The Bertz CT molecular complexity index is 477. The van der Waals surface area contributed by atoms with Crippen LogP contribution in [0.1, 0.15) is 45.1 Å². The average molecular weight is 275 g/mol. The van der Waals surface area contributed by atoms with Crippen LogP contribution in [0.4, 0.5) is 5.69 Å². The Labute approximate surface area is 119 Å². The van der Waals surface area contributed by atoms with Crippen LogP contribution in [-0.4, -0.2) is 17.5 Å². The summed E-state index contributed by atoms with van der Waals surface area (Å²) < 4.78 is 0. The van der Waals surface area contributed by atoms with Crippen molar-refractivity contribution in [2.75, 3.05) is 5.32 Å². The van der Waals surface area contributed by atoms with Crippen molar-refractivity contribution in [1.82, 2.24) is 0 Å². The highest BCUT2D eigenvalue weighted by Crippen LogP contribution is 2.12. The third kappa shape index (κ3) is 6.27. The lowest BCUT2D eigenvalue weighted by Gasteiger charge is -2.06. The summed E-state index contributed by atoms with van der Waals surface area (Å²) in [7, 11) is 0. The molecule has 108 valence electrons. The molecule has 0 saturated carbocycles. The number of rotatable bonds is 8. The van der Waals surface area contributed by atoms with E-state index in [1.165, 1.54) is 6.92 Å². The molecule has 0 fully saturated rings. The minimum atomic E-state index is -0.0935. The van der Waals surface area contributed by atoms with Gasteiger partial charge in [-0.25, -0.2) is 0 Å². The summed E-state index contributed by atoms with van der Waals surface area (Å²) in [4.78, 5) is 33.7. The smallest absolute Gasteiger partial charge is 0.224 e. The number of amides is 1. The standard InChI is InChI=1S/C16H21NO3/c1-3-4-16(20)17-14-8-5-13(6-9-14)7-10-15(19)11-12(2)18/h5-6,8-9H,3-4,7,10-11H2,1-2H3,(H,17,20). The van der Waals surface area contributed by atoms with Gasteiger partial charge in [0.2, 0.25) is 5.91 Å². The van der Waals surface area contributed by atoms with Gasteiger partial charge < -0.3 is 5.32 Å². The van der Waals surface area contributed by atoms with Crippen LogP contribution in [0.5, 0.6) is 0 Å². The molecule has 0 aliphatic carbocycles. The van der Waals surface area contributed by atoms with E-state index in [0.717, 1.165) is 17.7 Å². The van der Waals surface area contributed by atoms with Crippen molar-refractivity contribution in [3.05, 3.63) is 29.8 Å². The third-order valence-corrected chi connectivity index (χ3v) is 2.85. The summed E-state index contributed by atoms with van der Waals surface area (Å²) >= 11 is 0. The molecule has 0 unspecified atom stereocenters. The van der Waals surface area contributed by atoms with E-state index in [-0.39, 0.29) is 23.9 Å². The van der Waals surface area contributed by atoms with Gasteiger partial charge in [-0.05, 0) is 37.5 Å². The molecule has 4 heteroatoms. The zero-order valence-electron chi connectivity index (χ0n) is 12.1. The van der Waals surface area contributed by atoms with Crippen molar-refractivity contribution < 1.29 is 14.4 Å². The van der Waals surface area contributed by atoms with Gasteiger partial charge in [-0.15, -0.1) is 0 Å². The van der Waals surface area contributed by atoms with Gasteiger partial charge in [0.25, 0.3) is 0 Å². The molecular formula is C16H21NO3. The van der Waals surface area contributed by atoms with Crippen molar-refractivity contribution in [2.24, 2.45) is 0 Å². The average Bonchev–Trinajstić information content (AvgIpc) is 2.37. The minimum Gasteiger partial charge on any atom is -0.326 e. The normalized spacial score (nSPS) is 10.1. The van der Waals surface area contributed by atoms with Crippen molar-refractivity contribution in [1.29, 1.82) is 0 Å². The number of carbonyl (C=O) groups excluding carboxylic acids is 3. The lowest BCUT2D eigenvalue weighted by Crippen LogP contribution is -2.10. The molecule has 1 aromatic carbocycles. The maximum Gasteiger partial charge on any atom is 0.224 e. The molecule has 0 aliphatic heterocycles. The molecule has 20 heavy (non-hydrogen) atoms. The lowest BCUT2D eigenvalue weighted by atomic mass is 10.0. The van der Waals surface area contributed by atoms with Crippen molar-refractivity contribution >= 4 is 23.2 Å². The Morgan fingerprint density at radius 1 is 1.05 bits per heavy atom. The molecule has 1 N–H and O–H groups in total. The second-order valence-corrected chi connectivity index (χ2v) is 4.91. The number of Topliss-reactive ketones (excluding diaryl/α,β-unsaturated/α-hetero) is 2. The van der Waals surface area contributed by atoms with Crippen LogP contribution >= 0.6 is 0 Å². The van der Waals surface area contributed by atoms with Gasteiger partial charge in [0.05, 0.1) is 6.42 Å². The summed E-state index contributed by atoms with van der Waals surface area (Å²) in [6.45, 7) is 3.38. The second-order valence-electron chi connectivity index (χ2n) is 4.91. The maximum absolute atomic E-state index is 11.4. The molecule has 0 aromatic heterocycles. The van der Waals surface area contributed by atoms with Crippen LogP contribution in [0, 0.1) is 0 Å². The van der Waals surface area contributed by atoms with Crippen molar-refractivity contribution in [2.45, 2.75) is 46.0 Å². The van der Waals surface area contributed by atoms with Gasteiger partial charge >= 0.3 is 0 Å². The van der Waals surface area contributed by atoms with Gasteiger partial charge in [-0.3, -0.25) is 14.4 Å². The summed E-state index contributed by atoms with van der Waals surface area (Å²) in [6.07, 6.45) is 2.35. The Hall–Kier alpha value is -1.97. The van der Waals surface area contributed by atoms with E-state index >= 15 is 0 Å². The maximum atomic E-state index is 11.4. The first-order valence-electron chi connectivity index (χ1n) is 6.91. The largest absolute Gasteiger partial charge is 0.326 e. The number of anilines is 1. The number of benzene rings is 1. The number of carbonyl (C=O) groups is 3. The molecule has 0 atom stereocenters. The second kappa shape index (κ2) is 8.25. The highest BCUT2D eigenvalue weighted by Gasteiger charge is 2.06. The third-order valence-electron chi connectivity index (χ3n) is 2.85. The monoisotopic (exact) mass is 275 g/mol. The number of aryl methyl sites for hydroxylation is 1. The fourth-order valence-electron chi connectivity index (χ4n) is 1.86. The molecule has 0 aliphatic rings. The number of ketones is 2. The minimum absolute atomic E-state index is 0.0110. The highest BCUT2D eigenvalue weighted by molar-refractivity contribution is 5.98. The molecular weight excluding hydrogens is 254 g/mol. The SMILES string of the molecule is CCCC(=O)Nc1ccc(CCC(=O)CC(C)=O)cc1. The quantitative estimate of drug-likeness (QED) is 0.742. The first-order chi connectivity index (χ1) is 9.51. The summed E-state index contributed by atoms with van der Waals surface area (Å²) in [5, 5.41) is 2.81. The topological polar surface area (TPSA) is 63.2 Å². The van der Waals surface area contributed by atoms with Crippen molar-refractivity contribution in [3.63, 3.8) is 0 Å². The van der Waals surface area contributed by atoms with E-state index in [9.17, 15) is 14.4 Å². The van der Waals surface area contributed by atoms with Gasteiger partial charge in [0.15, 0.2) is 0 Å². The number of hydrogen-bond acceptors (Lipinski definition) is 3. The van der Waals surface area contributed by atoms with Gasteiger partial charge in [0.1, 0.15) is 11.6 Å². The van der Waals surface area contributed by atoms with Gasteiger partial charge in [-0.2, -0.15) is 0 Å². The first-order valence-corrected chi connectivity index (χ1v) is 6.91. The molecule has 0 radical (unpaired) electrons. The van der Waals surface area contributed by atoms with Gasteiger partial charge in [0, 0.05) is 18.5 Å². The molecule has 0 spiro atoms. The van der Waals surface area contributed by atoms with E-state index in [0.29, 0.717) is 19.3 Å². The summed E-state index contributed by atoms with van der Waals surface area (Å²) in [6, 6.07) is 7.45. The lowest BCUT2D eigenvalue weighted by molar-refractivity contribution is -0.126. The first kappa shape index (κ1) is 16.1. The van der Waals surface area contributed by atoms with Crippen LogP contribution in [0.3, 0.4) is 0 Å². The van der Waals surface area contributed by atoms with E-state index in [2.05, 4.69) is 5.32 Å². The van der Waals surface area contributed by atoms with E-state index < -0.39 is 0 Å². The van der Waals surface area contributed by atoms with Crippen LogP contribution in [-0.2, 0) is 20.8 Å². The molecule has 0 bridgehead atoms. The predicted octanol–water partition coefficient (Wildman–Crippen LogP) is 2.91. The van der Waals surface area contributed by atoms with E-state index in [4.69, 9.17) is 0 Å². The summed E-state index contributed by atoms with van der Waals surface area (Å²) in [5.41, 5.74) is 1.79. The highest BCUT2D eigenvalue weighted by atomic mass is 16.2. The van der Waals surface area contributed by atoms with Crippen LogP contribution in [0.2, 0.25) is 0 Å². The molecule has 1 aromatic rings. The van der Waals surface area contributed by atoms with Crippen LogP contribution in [0.25, 0.3) is 0 Å². The number of nitrogens with one attached hydrogen (secondary N) is 1. The molecule has 0 heterocycles. The predicted molar refractivity (Wildman–Crippen MR) is 78.6 cm³/mol. The Kier molecular flexibility index (Phi) is 6.64. The molecule has 4 nitrogen and oxygen atoms in total. The molecule has 0 saturated heterocycles. The zero-order chi connectivity index (χ0) is 15.0. The molecule has 1 rings (SSSR count). The van der Waals surface area contributed by atoms with Gasteiger partial charge in [-0.1, -0.05) is 19.1 Å². The van der Waals surface area contributed by atoms with E-state index in [1.807, 2.05) is 31.2 Å². The van der Waals surface area contributed by atoms with Crippen LogP contribution < -0.4 is 5.32 Å². The number of hydrogen-bond donors (Lipinski definition) is 1. The van der Waals surface area contributed by atoms with Crippen molar-refractivity contribution in [3.8, 4) is 0 Å². The Balaban J connectivity index is 2.44. The zero-order valence-corrected chi connectivity index (χ0v) is 12.1. The van der Waals surface area contributed by atoms with Crippen LogP contribution in [0.15, 0.2) is 24.3 Å². The van der Waals surface area contributed by atoms with E-state index in [1.54, 1.807) is 0 Å². The fraction of sp³-hybridized carbons (Fsp3) is 0.438. The molecule has 1 amide bonds. The Morgan fingerprint density at radius 3 is 2.25 bits per heavy atom. The Morgan fingerprint density at radius 2 is 1.70 bits per heavy atom. The fourth-order valence-corrected chi connectivity index (χ4v) is 1.86. The summed E-state index contributed by atoms with van der Waals surface area (Å²) in [5.74, 6) is -0.112.